The number of amides is 2. The number of carbonyl (C=O) groups excluding carboxylic acids is 2. The van der Waals surface area contributed by atoms with Crippen molar-refractivity contribution in [2.45, 2.75) is 0 Å². The summed E-state index contributed by atoms with van der Waals surface area (Å²) in [5.41, 5.74) is 1.49. The van der Waals surface area contributed by atoms with Crippen molar-refractivity contribution >= 4 is 40.7 Å². The van der Waals surface area contributed by atoms with Gasteiger partial charge in [0.25, 0.3) is 11.8 Å². The molecular formula is C15H10Cl2N2O2. The first-order chi connectivity index (χ1) is 10.1. The van der Waals surface area contributed by atoms with Gasteiger partial charge in [-0.05, 0) is 30.3 Å². The molecule has 3 rings (SSSR count). The molecule has 0 saturated heterocycles. The monoisotopic (exact) mass is 320 g/mol. The predicted molar refractivity (Wildman–Crippen MR) is 81.9 cm³/mol. The highest BCUT2D eigenvalue weighted by molar-refractivity contribution is 6.35. The van der Waals surface area contributed by atoms with Crippen LogP contribution in [0.25, 0.3) is 0 Å². The molecule has 0 saturated carbocycles. The third-order valence-corrected chi connectivity index (χ3v) is 3.62. The van der Waals surface area contributed by atoms with E-state index in [1.54, 1.807) is 42.5 Å². The topological polar surface area (TPSA) is 49.4 Å². The summed E-state index contributed by atoms with van der Waals surface area (Å²) in [6.45, 7) is 0.0585. The number of carbonyl (C=O) groups is 2. The van der Waals surface area contributed by atoms with E-state index < -0.39 is 0 Å². The van der Waals surface area contributed by atoms with Gasteiger partial charge in [0.15, 0.2) is 0 Å². The van der Waals surface area contributed by atoms with Crippen LogP contribution in [0.2, 0.25) is 10.0 Å². The van der Waals surface area contributed by atoms with Crippen molar-refractivity contribution in [1.29, 1.82) is 0 Å². The molecule has 0 radical (unpaired) electrons. The van der Waals surface area contributed by atoms with Crippen LogP contribution in [0.1, 0.15) is 20.7 Å². The van der Waals surface area contributed by atoms with Gasteiger partial charge < -0.3 is 5.32 Å². The fourth-order valence-corrected chi connectivity index (χ4v) is 2.74. The van der Waals surface area contributed by atoms with Crippen molar-refractivity contribution in [2.24, 2.45) is 0 Å². The largest absolute Gasteiger partial charge is 0.367 e. The zero-order chi connectivity index (χ0) is 15.0. The molecule has 0 bridgehead atoms. The Morgan fingerprint density at radius 3 is 1.95 bits per heavy atom. The highest BCUT2D eigenvalue weighted by atomic mass is 35.5. The molecule has 0 aliphatic carbocycles. The lowest BCUT2D eigenvalue weighted by atomic mass is 10.1. The number of nitrogens with one attached hydrogen (secondary N) is 1. The molecule has 1 aliphatic heterocycles. The predicted octanol–water partition coefficient (Wildman–Crippen LogP) is 3.66. The fraction of sp³-hybridized carbons (Fsp3) is 0.0667. The van der Waals surface area contributed by atoms with Crippen LogP contribution in [0, 0.1) is 0 Å². The van der Waals surface area contributed by atoms with E-state index in [1.165, 1.54) is 0 Å². The Hall–Kier alpha value is -2.04. The first-order valence-electron chi connectivity index (χ1n) is 6.21. The third-order valence-electron chi connectivity index (χ3n) is 3.18. The molecule has 0 spiro atoms. The third kappa shape index (κ3) is 2.60. The second kappa shape index (κ2) is 5.39. The lowest BCUT2D eigenvalue weighted by Crippen LogP contribution is -2.34. The maximum Gasteiger partial charge on any atom is 0.263 e. The number of fused-ring (bicyclic) bond motifs is 1. The maximum atomic E-state index is 12.2. The molecule has 4 nitrogen and oxygen atoms in total. The van der Waals surface area contributed by atoms with Gasteiger partial charge in [-0.15, -0.1) is 0 Å². The highest BCUT2D eigenvalue weighted by Gasteiger charge is 2.34. The number of benzene rings is 2. The van der Waals surface area contributed by atoms with E-state index in [9.17, 15) is 9.59 Å². The second-order valence-corrected chi connectivity index (χ2v) is 5.45. The minimum atomic E-state index is -0.309. The first kappa shape index (κ1) is 13.9. The van der Waals surface area contributed by atoms with Crippen LogP contribution >= 0.6 is 23.2 Å². The standard InChI is InChI=1S/C15H10Cl2N2O2/c16-9-5-10(17)7-11(6-9)18-8-19-14(20)12-3-1-2-4-13(12)15(19)21/h1-7,18H,8H2. The van der Waals surface area contributed by atoms with Crippen molar-refractivity contribution in [1.82, 2.24) is 4.90 Å². The molecular weight excluding hydrogens is 311 g/mol. The van der Waals surface area contributed by atoms with Gasteiger partial charge >= 0.3 is 0 Å². The van der Waals surface area contributed by atoms with E-state index in [0.717, 1.165) is 4.90 Å². The summed E-state index contributed by atoms with van der Waals surface area (Å²) in [6.07, 6.45) is 0. The summed E-state index contributed by atoms with van der Waals surface area (Å²) in [7, 11) is 0. The molecule has 21 heavy (non-hydrogen) atoms. The van der Waals surface area contributed by atoms with Crippen molar-refractivity contribution in [3.05, 3.63) is 63.6 Å². The second-order valence-electron chi connectivity index (χ2n) is 4.58. The van der Waals surface area contributed by atoms with Crippen LogP contribution < -0.4 is 5.32 Å². The molecule has 0 fully saturated rings. The molecule has 0 atom stereocenters. The average Bonchev–Trinajstić information content (AvgIpc) is 2.69. The van der Waals surface area contributed by atoms with Crippen LogP contribution in [-0.2, 0) is 0 Å². The van der Waals surface area contributed by atoms with Crippen LogP contribution in [0.3, 0.4) is 0 Å². The van der Waals surface area contributed by atoms with Gasteiger partial charge in [0.1, 0.15) is 0 Å². The number of imide groups is 1. The van der Waals surface area contributed by atoms with E-state index in [-0.39, 0.29) is 18.5 Å². The lowest BCUT2D eigenvalue weighted by Gasteiger charge is -2.16. The molecule has 1 aliphatic rings. The lowest BCUT2D eigenvalue weighted by molar-refractivity contribution is 0.0666. The normalized spacial score (nSPS) is 13.5. The molecule has 6 heteroatoms. The van der Waals surface area contributed by atoms with Crippen molar-refractivity contribution in [2.75, 3.05) is 12.0 Å². The van der Waals surface area contributed by atoms with Crippen LogP contribution in [0.4, 0.5) is 5.69 Å². The van der Waals surface area contributed by atoms with E-state index >= 15 is 0 Å². The van der Waals surface area contributed by atoms with E-state index in [2.05, 4.69) is 5.32 Å². The van der Waals surface area contributed by atoms with Crippen molar-refractivity contribution in [3.63, 3.8) is 0 Å². The molecule has 0 aromatic heterocycles. The van der Waals surface area contributed by atoms with Crippen molar-refractivity contribution < 1.29 is 9.59 Å². The number of hydrogen-bond acceptors (Lipinski definition) is 3. The molecule has 2 aromatic rings. The first-order valence-corrected chi connectivity index (χ1v) is 6.97. The summed E-state index contributed by atoms with van der Waals surface area (Å²) in [6, 6.07) is 11.7. The quantitative estimate of drug-likeness (QED) is 0.878. The highest BCUT2D eigenvalue weighted by Crippen LogP contribution is 2.25. The molecule has 2 amide bonds. The molecule has 1 heterocycles. The van der Waals surface area contributed by atoms with E-state index in [0.29, 0.717) is 26.9 Å². The molecule has 1 N–H and O–H groups in total. The Morgan fingerprint density at radius 2 is 1.43 bits per heavy atom. The Bertz CT molecular complexity index is 691. The summed E-state index contributed by atoms with van der Waals surface area (Å²) in [5, 5.41) is 3.94. The van der Waals surface area contributed by atoms with Crippen LogP contribution in [-0.4, -0.2) is 23.4 Å². The number of halogens is 2. The minimum Gasteiger partial charge on any atom is -0.367 e. The van der Waals surface area contributed by atoms with Crippen molar-refractivity contribution in [3.8, 4) is 0 Å². The van der Waals surface area contributed by atoms with Gasteiger partial charge in [0.2, 0.25) is 0 Å². The van der Waals surface area contributed by atoms with Gasteiger partial charge in [-0.2, -0.15) is 0 Å². The van der Waals surface area contributed by atoms with Crippen LogP contribution in [0.5, 0.6) is 0 Å². The summed E-state index contributed by atoms with van der Waals surface area (Å²) in [5.74, 6) is -0.618. The summed E-state index contributed by atoms with van der Waals surface area (Å²) < 4.78 is 0. The maximum absolute atomic E-state index is 12.2. The van der Waals surface area contributed by atoms with Crippen LogP contribution in [0.15, 0.2) is 42.5 Å². The Balaban J connectivity index is 1.78. The SMILES string of the molecule is O=C1c2ccccc2C(=O)N1CNc1cc(Cl)cc(Cl)c1. The Kier molecular flexibility index (Phi) is 3.57. The van der Waals surface area contributed by atoms with Gasteiger partial charge in [-0.3, -0.25) is 14.5 Å². The molecule has 0 unspecified atom stereocenters. The van der Waals surface area contributed by atoms with Gasteiger partial charge in [-0.1, -0.05) is 35.3 Å². The zero-order valence-corrected chi connectivity index (χ0v) is 12.3. The number of hydrogen-bond donors (Lipinski definition) is 1. The minimum absolute atomic E-state index is 0.0585. The number of rotatable bonds is 3. The Labute approximate surface area is 131 Å². The summed E-state index contributed by atoms with van der Waals surface area (Å²) >= 11 is 11.8. The van der Waals surface area contributed by atoms with Gasteiger partial charge in [0.05, 0.1) is 17.8 Å². The van der Waals surface area contributed by atoms with Gasteiger partial charge in [0, 0.05) is 15.7 Å². The Morgan fingerprint density at radius 1 is 0.905 bits per heavy atom. The van der Waals surface area contributed by atoms with E-state index in [4.69, 9.17) is 23.2 Å². The number of nitrogens with zero attached hydrogens (tertiary/aromatic N) is 1. The summed E-state index contributed by atoms with van der Waals surface area (Å²) in [4.78, 5) is 25.5. The zero-order valence-electron chi connectivity index (χ0n) is 10.8. The fourth-order valence-electron chi connectivity index (χ4n) is 2.21. The molecule has 106 valence electrons. The van der Waals surface area contributed by atoms with E-state index in [1.807, 2.05) is 0 Å². The number of anilines is 1. The molecule has 2 aromatic carbocycles. The van der Waals surface area contributed by atoms with Gasteiger partial charge in [-0.25, -0.2) is 0 Å². The average molecular weight is 321 g/mol. The smallest absolute Gasteiger partial charge is 0.263 e.